The summed E-state index contributed by atoms with van der Waals surface area (Å²) in [6.07, 6.45) is 5.10. The molecule has 0 bridgehead atoms. The van der Waals surface area contributed by atoms with Crippen LogP contribution < -0.4 is 5.32 Å². The van der Waals surface area contributed by atoms with Gasteiger partial charge in [0.2, 0.25) is 0 Å². The van der Waals surface area contributed by atoms with Gasteiger partial charge in [-0.3, -0.25) is 0 Å². The van der Waals surface area contributed by atoms with Gasteiger partial charge in [0.15, 0.2) is 0 Å². The molecule has 1 aromatic heterocycles. The highest BCUT2D eigenvalue weighted by Gasteiger charge is 2.01. The van der Waals surface area contributed by atoms with Crippen LogP contribution >= 0.6 is 27.7 Å². The van der Waals surface area contributed by atoms with E-state index in [9.17, 15) is 0 Å². The Morgan fingerprint density at radius 2 is 2.36 bits per heavy atom. The number of pyridine rings is 1. The van der Waals surface area contributed by atoms with Crippen LogP contribution in [0.4, 0.5) is 5.82 Å². The van der Waals surface area contributed by atoms with Gasteiger partial charge in [0.05, 0.1) is 0 Å². The summed E-state index contributed by atoms with van der Waals surface area (Å²) in [5.74, 6) is 2.13. The summed E-state index contributed by atoms with van der Waals surface area (Å²) < 4.78 is 1.01. The first-order chi connectivity index (χ1) is 6.72. The first-order valence-electron chi connectivity index (χ1n) is 4.59. The van der Waals surface area contributed by atoms with Crippen LogP contribution in [0.5, 0.6) is 0 Å². The number of hydrogen-bond acceptors (Lipinski definition) is 3. The van der Waals surface area contributed by atoms with E-state index < -0.39 is 0 Å². The standard InChI is InChI=1S/C10H15BrN2S/c1-8(5-6-14-2)13-10-4-3-9(11)7-12-10/h3-4,7-8H,5-6H2,1-2H3,(H,12,13). The molecule has 0 fully saturated rings. The summed E-state index contributed by atoms with van der Waals surface area (Å²) in [7, 11) is 0. The van der Waals surface area contributed by atoms with E-state index in [-0.39, 0.29) is 0 Å². The fourth-order valence-corrected chi connectivity index (χ4v) is 1.90. The number of rotatable bonds is 5. The van der Waals surface area contributed by atoms with Gasteiger partial charge < -0.3 is 5.32 Å². The summed E-state index contributed by atoms with van der Waals surface area (Å²) >= 11 is 5.24. The summed E-state index contributed by atoms with van der Waals surface area (Å²) in [6, 6.07) is 4.46. The monoisotopic (exact) mass is 274 g/mol. The fraction of sp³-hybridized carbons (Fsp3) is 0.500. The topological polar surface area (TPSA) is 24.9 Å². The van der Waals surface area contributed by atoms with Crippen LogP contribution in [0.15, 0.2) is 22.8 Å². The minimum atomic E-state index is 0.483. The third-order valence-corrected chi connectivity index (χ3v) is 2.99. The number of aromatic nitrogens is 1. The molecule has 2 nitrogen and oxygen atoms in total. The van der Waals surface area contributed by atoms with Crippen LogP contribution in [0.25, 0.3) is 0 Å². The molecule has 4 heteroatoms. The second-order valence-corrected chi connectivity index (χ2v) is 5.09. The van der Waals surface area contributed by atoms with Crippen molar-refractivity contribution in [3.63, 3.8) is 0 Å². The van der Waals surface area contributed by atoms with E-state index in [2.05, 4.69) is 39.4 Å². The largest absolute Gasteiger partial charge is 0.368 e. The van der Waals surface area contributed by atoms with E-state index in [1.165, 1.54) is 12.2 Å². The van der Waals surface area contributed by atoms with Crippen molar-refractivity contribution in [2.75, 3.05) is 17.3 Å². The minimum absolute atomic E-state index is 0.483. The van der Waals surface area contributed by atoms with Gasteiger partial charge in [-0.1, -0.05) is 0 Å². The van der Waals surface area contributed by atoms with Gasteiger partial charge in [-0.25, -0.2) is 4.98 Å². The average Bonchev–Trinajstić information content (AvgIpc) is 2.18. The lowest BCUT2D eigenvalue weighted by molar-refractivity contribution is 0.767. The van der Waals surface area contributed by atoms with Crippen molar-refractivity contribution in [1.82, 2.24) is 4.98 Å². The molecule has 0 aliphatic carbocycles. The molecule has 0 aliphatic heterocycles. The van der Waals surface area contributed by atoms with Crippen molar-refractivity contribution < 1.29 is 0 Å². The van der Waals surface area contributed by atoms with E-state index in [0.29, 0.717) is 6.04 Å². The van der Waals surface area contributed by atoms with E-state index in [4.69, 9.17) is 0 Å². The molecule has 1 N–H and O–H groups in total. The first kappa shape index (κ1) is 11.9. The Morgan fingerprint density at radius 1 is 1.57 bits per heavy atom. The van der Waals surface area contributed by atoms with Crippen LogP contribution in [0.1, 0.15) is 13.3 Å². The third-order valence-electron chi connectivity index (χ3n) is 1.88. The van der Waals surface area contributed by atoms with Gasteiger partial charge in [0.25, 0.3) is 0 Å². The van der Waals surface area contributed by atoms with Gasteiger partial charge >= 0.3 is 0 Å². The first-order valence-corrected chi connectivity index (χ1v) is 6.78. The number of anilines is 1. The summed E-state index contributed by atoms with van der Waals surface area (Å²) in [5, 5.41) is 3.36. The highest BCUT2D eigenvalue weighted by Crippen LogP contribution is 2.12. The zero-order valence-corrected chi connectivity index (χ0v) is 10.9. The maximum absolute atomic E-state index is 4.26. The molecular weight excluding hydrogens is 260 g/mol. The molecule has 0 spiro atoms. The normalized spacial score (nSPS) is 12.5. The number of nitrogens with one attached hydrogen (secondary N) is 1. The van der Waals surface area contributed by atoms with Crippen LogP contribution in [0.3, 0.4) is 0 Å². The van der Waals surface area contributed by atoms with Gasteiger partial charge in [-0.15, -0.1) is 0 Å². The van der Waals surface area contributed by atoms with E-state index in [0.717, 1.165) is 10.3 Å². The maximum atomic E-state index is 4.26. The Labute approximate surface area is 98.0 Å². The predicted molar refractivity (Wildman–Crippen MR) is 68.0 cm³/mol. The third kappa shape index (κ3) is 4.33. The lowest BCUT2D eigenvalue weighted by Crippen LogP contribution is -2.16. The zero-order chi connectivity index (χ0) is 10.4. The Morgan fingerprint density at radius 3 is 2.93 bits per heavy atom. The molecule has 1 heterocycles. The maximum Gasteiger partial charge on any atom is 0.126 e. The second kappa shape index (κ2) is 6.30. The number of nitrogens with zero attached hydrogens (tertiary/aromatic N) is 1. The smallest absolute Gasteiger partial charge is 0.126 e. The fourth-order valence-electron chi connectivity index (χ4n) is 1.08. The van der Waals surface area contributed by atoms with Crippen LogP contribution in [0, 0.1) is 0 Å². The summed E-state index contributed by atoms with van der Waals surface area (Å²) in [5.41, 5.74) is 0. The molecule has 0 saturated heterocycles. The summed E-state index contributed by atoms with van der Waals surface area (Å²) in [6.45, 7) is 2.18. The molecule has 0 aromatic carbocycles. The molecular formula is C10H15BrN2S. The van der Waals surface area contributed by atoms with E-state index >= 15 is 0 Å². The SMILES string of the molecule is CSCCC(C)Nc1ccc(Br)cn1. The van der Waals surface area contributed by atoms with Crippen molar-refractivity contribution >= 4 is 33.5 Å². The highest BCUT2D eigenvalue weighted by molar-refractivity contribution is 9.10. The zero-order valence-electron chi connectivity index (χ0n) is 8.46. The van der Waals surface area contributed by atoms with Crippen molar-refractivity contribution in [3.05, 3.63) is 22.8 Å². The van der Waals surface area contributed by atoms with Gasteiger partial charge in [-0.2, -0.15) is 11.8 Å². The van der Waals surface area contributed by atoms with Crippen molar-refractivity contribution in [2.45, 2.75) is 19.4 Å². The van der Waals surface area contributed by atoms with Crippen LogP contribution in [-0.4, -0.2) is 23.0 Å². The molecule has 0 radical (unpaired) electrons. The Kier molecular flexibility index (Phi) is 5.33. The Balaban J connectivity index is 2.39. The van der Waals surface area contributed by atoms with E-state index in [1.807, 2.05) is 30.1 Å². The molecule has 0 amide bonds. The predicted octanol–water partition coefficient (Wildman–Crippen LogP) is 3.40. The van der Waals surface area contributed by atoms with Gasteiger partial charge in [-0.05, 0) is 53.4 Å². The molecule has 1 aromatic rings. The van der Waals surface area contributed by atoms with Crippen molar-refractivity contribution in [2.24, 2.45) is 0 Å². The lowest BCUT2D eigenvalue weighted by Gasteiger charge is -2.13. The molecule has 14 heavy (non-hydrogen) atoms. The van der Waals surface area contributed by atoms with Gasteiger partial charge in [0.1, 0.15) is 5.82 Å². The quantitative estimate of drug-likeness (QED) is 0.891. The average molecular weight is 275 g/mol. The number of halogens is 1. The molecule has 1 rings (SSSR count). The summed E-state index contributed by atoms with van der Waals surface area (Å²) in [4.78, 5) is 4.26. The second-order valence-electron chi connectivity index (χ2n) is 3.19. The Bertz CT molecular complexity index is 263. The molecule has 1 atom stereocenters. The molecule has 78 valence electrons. The lowest BCUT2D eigenvalue weighted by atomic mass is 10.2. The highest BCUT2D eigenvalue weighted by atomic mass is 79.9. The molecule has 0 aliphatic rings. The van der Waals surface area contributed by atoms with Gasteiger partial charge in [0, 0.05) is 16.7 Å². The number of hydrogen-bond donors (Lipinski definition) is 1. The van der Waals surface area contributed by atoms with Crippen molar-refractivity contribution in [1.29, 1.82) is 0 Å². The minimum Gasteiger partial charge on any atom is -0.368 e. The van der Waals surface area contributed by atoms with Crippen LogP contribution in [-0.2, 0) is 0 Å². The Hall–Kier alpha value is -0.220. The van der Waals surface area contributed by atoms with Crippen LogP contribution in [0.2, 0.25) is 0 Å². The molecule has 0 saturated carbocycles. The number of thioether (sulfide) groups is 1. The molecule has 1 unspecified atom stereocenters. The van der Waals surface area contributed by atoms with E-state index in [1.54, 1.807) is 0 Å². The van der Waals surface area contributed by atoms with Crippen molar-refractivity contribution in [3.8, 4) is 0 Å².